The number of hydrogen-bond donors (Lipinski definition) is 2. The van der Waals surface area contributed by atoms with Crippen LogP contribution in [0.3, 0.4) is 0 Å². The number of aliphatic hydroxyl groups is 1. The zero-order valence-electron chi connectivity index (χ0n) is 5.87. The van der Waals surface area contributed by atoms with E-state index in [0.29, 0.717) is 10.7 Å². The molecule has 0 aliphatic heterocycles. The van der Waals surface area contributed by atoms with Crippen LogP contribution in [0, 0.1) is 0 Å². The zero-order chi connectivity index (χ0) is 8.27. The molecule has 1 aromatic rings. The first-order valence-corrected chi connectivity index (χ1v) is 3.62. The second-order valence-corrected chi connectivity index (χ2v) is 2.49. The first-order chi connectivity index (χ1) is 5.25. The van der Waals surface area contributed by atoms with E-state index in [0.717, 1.165) is 0 Å². The lowest BCUT2D eigenvalue weighted by molar-refractivity contribution is 0.186. The van der Waals surface area contributed by atoms with E-state index in [-0.39, 0.29) is 6.54 Å². The highest BCUT2D eigenvalue weighted by Gasteiger charge is 2.08. The Morgan fingerprint density at radius 1 is 1.73 bits per heavy atom. The van der Waals surface area contributed by atoms with Crippen molar-refractivity contribution < 1.29 is 5.11 Å². The Morgan fingerprint density at radius 3 is 3.00 bits per heavy atom. The van der Waals surface area contributed by atoms with Crippen molar-refractivity contribution in [3.63, 3.8) is 0 Å². The molecule has 0 aliphatic rings. The van der Waals surface area contributed by atoms with E-state index < -0.39 is 6.10 Å². The number of nitrogens with zero attached hydrogens (tertiary/aromatic N) is 1. The molecule has 60 valence electrons. The molecular weight excluding hydrogens is 164 g/mol. The first-order valence-electron chi connectivity index (χ1n) is 3.24. The van der Waals surface area contributed by atoms with Crippen LogP contribution in [0.25, 0.3) is 0 Å². The molecule has 0 unspecified atom stereocenters. The van der Waals surface area contributed by atoms with E-state index in [9.17, 15) is 5.11 Å². The highest BCUT2D eigenvalue weighted by Crippen LogP contribution is 2.18. The fraction of sp³-hybridized carbons (Fsp3) is 0.286. The van der Waals surface area contributed by atoms with Crippen LogP contribution in [0.5, 0.6) is 0 Å². The van der Waals surface area contributed by atoms with Gasteiger partial charge in [0.05, 0.1) is 6.10 Å². The molecule has 3 nitrogen and oxygen atoms in total. The molecule has 1 rings (SSSR count). The van der Waals surface area contributed by atoms with Crippen LogP contribution in [-0.2, 0) is 0 Å². The van der Waals surface area contributed by atoms with Gasteiger partial charge in [0.1, 0.15) is 5.15 Å². The number of hydrogen-bond acceptors (Lipinski definition) is 3. The van der Waals surface area contributed by atoms with Crippen molar-refractivity contribution in [1.82, 2.24) is 4.98 Å². The van der Waals surface area contributed by atoms with Crippen molar-refractivity contribution in [3.8, 4) is 0 Å². The SMILES string of the molecule is NC[C@@H](O)c1cccnc1Cl. The lowest BCUT2D eigenvalue weighted by Crippen LogP contribution is -2.12. The second kappa shape index (κ2) is 3.67. The van der Waals surface area contributed by atoms with E-state index >= 15 is 0 Å². The van der Waals surface area contributed by atoms with Crippen molar-refractivity contribution in [2.24, 2.45) is 5.73 Å². The molecule has 0 bridgehead atoms. The maximum absolute atomic E-state index is 9.26. The Kier molecular flexibility index (Phi) is 2.82. The molecule has 4 heteroatoms. The third-order valence-corrected chi connectivity index (χ3v) is 1.69. The van der Waals surface area contributed by atoms with E-state index in [2.05, 4.69) is 4.98 Å². The van der Waals surface area contributed by atoms with Gasteiger partial charge < -0.3 is 10.8 Å². The van der Waals surface area contributed by atoms with Crippen LogP contribution in [0.2, 0.25) is 5.15 Å². The lowest BCUT2D eigenvalue weighted by atomic mass is 10.2. The maximum atomic E-state index is 9.26. The lowest BCUT2D eigenvalue weighted by Gasteiger charge is -2.07. The number of halogens is 1. The summed E-state index contributed by atoms with van der Waals surface area (Å²) >= 11 is 5.67. The van der Waals surface area contributed by atoms with Gasteiger partial charge in [-0.25, -0.2) is 4.98 Å². The summed E-state index contributed by atoms with van der Waals surface area (Å²) in [4.78, 5) is 3.80. The minimum atomic E-state index is -0.712. The van der Waals surface area contributed by atoms with Gasteiger partial charge >= 0.3 is 0 Å². The summed E-state index contributed by atoms with van der Waals surface area (Å²) in [5.41, 5.74) is 5.82. The summed E-state index contributed by atoms with van der Waals surface area (Å²) in [6.45, 7) is 0.158. The Morgan fingerprint density at radius 2 is 2.45 bits per heavy atom. The van der Waals surface area contributed by atoms with Crippen molar-refractivity contribution in [2.75, 3.05) is 6.54 Å². The molecule has 0 fully saturated rings. The summed E-state index contributed by atoms with van der Waals surface area (Å²) in [6.07, 6.45) is 0.853. The van der Waals surface area contributed by atoms with Crippen LogP contribution in [-0.4, -0.2) is 16.6 Å². The molecule has 0 saturated heterocycles. The third-order valence-electron chi connectivity index (χ3n) is 1.37. The fourth-order valence-electron chi connectivity index (χ4n) is 0.774. The van der Waals surface area contributed by atoms with Crippen molar-refractivity contribution in [2.45, 2.75) is 6.10 Å². The highest BCUT2D eigenvalue weighted by molar-refractivity contribution is 6.30. The molecule has 1 aromatic heterocycles. The van der Waals surface area contributed by atoms with Crippen LogP contribution in [0.1, 0.15) is 11.7 Å². The van der Waals surface area contributed by atoms with E-state index in [1.165, 1.54) is 0 Å². The van der Waals surface area contributed by atoms with Gasteiger partial charge in [0, 0.05) is 18.3 Å². The Hall–Kier alpha value is -0.640. The molecule has 0 radical (unpaired) electrons. The highest BCUT2D eigenvalue weighted by atomic mass is 35.5. The van der Waals surface area contributed by atoms with Crippen molar-refractivity contribution >= 4 is 11.6 Å². The van der Waals surface area contributed by atoms with Gasteiger partial charge in [0.2, 0.25) is 0 Å². The third kappa shape index (κ3) is 1.89. The normalized spacial score (nSPS) is 13.0. The van der Waals surface area contributed by atoms with Gasteiger partial charge in [-0.05, 0) is 6.07 Å². The standard InChI is InChI=1S/C7H9ClN2O/c8-7-5(6(11)4-9)2-1-3-10-7/h1-3,6,11H,4,9H2/t6-/m1/s1. The van der Waals surface area contributed by atoms with Crippen LogP contribution < -0.4 is 5.73 Å². The summed E-state index contributed by atoms with van der Waals surface area (Å²) < 4.78 is 0. The first kappa shape index (κ1) is 8.46. The molecule has 3 N–H and O–H groups in total. The van der Waals surface area contributed by atoms with Crippen LogP contribution >= 0.6 is 11.6 Å². The average molecular weight is 173 g/mol. The molecule has 0 amide bonds. The monoisotopic (exact) mass is 172 g/mol. The molecule has 0 saturated carbocycles. The number of nitrogens with two attached hydrogens (primary N) is 1. The molecule has 1 atom stereocenters. The molecule has 11 heavy (non-hydrogen) atoms. The van der Waals surface area contributed by atoms with E-state index in [1.54, 1.807) is 18.3 Å². The van der Waals surface area contributed by atoms with E-state index in [1.807, 2.05) is 0 Å². The Bertz CT molecular complexity index is 242. The Balaban J connectivity index is 2.93. The maximum Gasteiger partial charge on any atom is 0.134 e. The second-order valence-electron chi connectivity index (χ2n) is 2.13. The molecule has 0 aliphatic carbocycles. The number of pyridine rings is 1. The summed E-state index contributed by atoms with van der Waals surface area (Å²) in [5.74, 6) is 0. The fourth-order valence-corrected chi connectivity index (χ4v) is 1.02. The minimum Gasteiger partial charge on any atom is -0.387 e. The van der Waals surface area contributed by atoms with Crippen LogP contribution in [0.4, 0.5) is 0 Å². The van der Waals surface area contributed by atoms with Gasteiger partial charge in [-0.15, -0.1) is 0 Å². The van der Waals surface area contributed by atoms with Crippen molar-refractivity contribution in [3.05, 3.63) is 29.0 Å². The van der Waals surface area contributed by atoms with Gasteiger partial charge in [-0.2, -0.15) is 0 Å². The zero-order valence-corrected chi connectivity index (χ0v) is 6.62. The summed E-state index contributed by atoms with van der Waals surface area (Å²) in [5, 5.41) is 9.57. The Labute approximate surface area is 69.8 Å². The number of aliphatic hydroxyl groups excluding tert-OH is 1. The number of rotatable bonds is 2. The summed E-state index contributed by atoms with van der Waals surface area (Å²) in [6, 6.07) is 3.41. The van der Waals surface area contributed by atoms with Crippen LogP contribution in [0.15, 0.2) is 18.3 Å². The average Bonchev–Trinajstić information content (AvgIpc) is 2.04. The van der Waals surface area contributed by atoms with Crippen molar-refractivity contribution in [1.29, 1.82) is 0 Å². The minimum absolute atomic E-state index is 0.158. The largest absolute Gasteiger partial charge is 0.387 e. The van der Waals surface area contributed by atoms with Gasteiger partial charge in [0.15, 0.2) is 0 Å². The molecular formula is C7H9ClN2O. The van der Waals surface area contributed by atoms with E-state index in [4.69, 9.17) is 17.3 Å². The molecule has 0 spiro atoms. The van der Waals surface area contributed by atoms with Gasteiger partial charge in [-0.1, -0.05) is 17.7 Å². The topological polar surface area (TPSA) is 59.1 Å². The predicted octanol–water partition coefficient (Wildman–Crippen LogP) is 0.727. The van der Waals surface area contributed by atoms with Gasteiger partial charge in [0.25, 0.3) is 0 Å². The smallest absolute Gasteiger partial charge is 0.134 e. The number of aromatic nitrogens is 1. The predicted molar refractivity (Wildman–Crippen MR) is 43.3 cm³/mol. The molecule has 1 heterocycles. The summed E-state index contributed by atoms with van der Waals surface area (Å²) in [7, 11) is 0. The van der Waals surface area contributed by atoms with Gasteiger partial charge in [-0.3, -0.25) is 0 Å². The quantitative estimate of drug-likeness (QED) is 0.647. The molecule has 0 aromatic carbocycles.